The van der Waals surface area contributed by atoms with Crippen LogP contribution in [-0.2, 0) is 6.42 Å². The van der Waals surface area contributed by atoms with Gasteiger partial charge in [0, 0.05) is 10.9 Å². The SMILES string of the molecule is OCC(NC1CCCc2sc(I)cc21)c1ccccc1. The van der Waals surface area contributed by atoms with E-state index < -0.39 is 0 Å². The first kappa shape index (κ1) is 14.5. The number of nitrogens with one attached hydrogen (secondary N) is 1. The maximum absolute atomic E-state index is 9.70. The molecule has 0 amide bonds. The van der Waals surface area contributed by atoms with Crippen molar-refractivity contribution in [1.82, 2.24) is 5.32 Å². The van der Waals surface area contributed by atoms with Gasteiger partial charge in [0.2, 0.25) is 0 Å². The molecule has 2 N–H and O–H groups in total. The van der Waals surface area contributed by atoms with Crippen molar-refractivity contribution in [2.45, 2.75) is 31.3 Å². The van der Waals surface area contributed by atoms with Gasteiger partial charge in [0.25, 0.3) is 0 Å². The third-order valence-corrected chi connectivity index (χ3v) is 5.84. The number of thiophene rings is 1. The first-order chi connectivity index (χ1) is 9.78. The number of aryl methyl sites for hydroxylation is 1. The molecule has 2 nitrogen and oxygen atoms in total. The van der Waals surface area contributed by atoms with Gasteiger partial charge in [0.15, 0.2) is 0 Å². The Morgan fingerprint density at radius 2 is 2.15 bits per heavy atom. The molecule has 0 bridgehead atoms. The second-order valence-electron chi connectivity index (χ2n) is 5.19. The Bertz CT molecular complexity index is 569. The Morgan fingerprint density at radius 1 is 1.35 bits per heavy atom. The molecule has 2 unspecified atom stereocenters. The highest BCUT2D eigenvalue weighted by Crippen LogP contribution is 2.37. The van der Waals surface area contributed by atoms with Crippen molar-refractivity contribution in [3.05, 3.63) is 55.3 Å². The molecule has 3 rings (SSSR count). The van der Waals surface area contributed by atoms with E-state index in [0.717, 1.165) is 12.0 Å². The van der Waals surface area contributed by atoms with Crippen LogP contribution < -0.4 is 5.32 Å². The van der Waals surface area contributed by atoms with Gasteiger partial charge in [-0.1, -0.05) is 30.3 Å². The Hall–Kier alpha value is -0.430. The average molecular weight is 399 g/mol. The maximum atomic E-state index is 9.70. The largest absolute Gasteiger partial charge is 0.394 e. The van der Waals surface area contributed by atoms with Crippen LogP contribution in [0.1, 0.15) is 40.9 Å². The van der Waals surface area contributed by atoms with Crippen LogP contribution in [0.3, 0.4) is 0 Å². The predicted octanol–water partition coefficient (Wildman–Crippen LogP) is 4.05. The van der Waals surface area contributed by atoms with Crippen molar-refractivity contribution in [3.63, 3.8) is 0 Å². The van der Waals surface area contributed by atoms with Crippen LogP contribution in [-0.4, -0.2) is 11.7 Å². The zero-order valence-corrected chi connectivity index (χ0v) is 14.2. The summed E-state index contributed by atoms with van der Waals surface area (Å²) in [5.41, 5.74) is 2.60. The summed E-state index contributed by atoms with van der Waals surface area (Å²) < 4.78 is 1.36. The fourth-order valence-corrected chi connectivity index (χ4v) is 5.00. The van der Waals surface area contributed by atoms with E-state index in [2.05, 4.69) is 46.1 Å². The number of rotatable bonds is 4. The zero-order valence-electron chi connectivity index (χ0n) is 11.2. The van der Waals surface area contributed by atoms with E-state index in [9.17, 15) is 5.11 Å². The zero-order chi connectivity index (χ0) is 13.9. The lowest BCUT2D eigenvalue weighted by molar-refractivity contribution is 0.228. The molecule has 0 aliphatic heterocycles. The molecule has 0 saturated carbocycles. The number of hydrogen-bond acceptors (Lipinski definition) is 3. The van der Waals surface area contributed by atoms with Crippen molar-refractivity contribution in [3.8, 4) is 0 Å². The number of halogens is 1. The smallest absolute Gasteiger partial charge is 0.0659 e. The number of benzene rings is 1. The van der Waals surface area contributed by atoms with Gasteiger partial charge >= 0.3 is 0 Å². The third-order valence-electron chi connectivity index (χ3n) is 3.87. The Labute approximate surface area is 137 Å². The van der Waals surface area contributed by atoms with E-state index in [-0.39, 0.29) is 12.6 Å². The van der Waals surface area contributed by atoms with Crippen molar-refractivity contribution >= 4 is 33.9 Å². The monoisotopic (exact) mass is 399 g/mol. The summed E-state index contributed by atoms with van der Waals surface area (Å²) in [6, 6.07) is 12.9. The minimum Gasteiger partial charge on any atom is -0.394 e. The molecule has 0 spiro atoms. The molecule has 1 heterocycles. The molecule has 1 aromatic carbocycles. The fourth-order valence-electron chi connectivity index (χ4n) is 2.88. The van der Waals surface area contributed by atoms with Crippen LogP contribution in [0.4, 0.5) is 0 Å². The summed E-state index contributed by atoms with van der Waals surface area (Å²) in [4.78, 5) is 1.52. The Kier molecular flexibility index (Phi) is 4.75. The van der Waals surface area contributed by atoms with Gasteiger partial charge < -0.3 is 10.4 Å². The quantitative estimate of drug-likeness (QED) is 0.761. The number of aliphatic hydroxyl groups is 1. The van der Waals surface area contributed by atoms with E-state index in [1.54, 1.807) is 0 Å². The second kappa shape index (κ2) is 6.56. The first-order valence-corrected chi connectivity index (χ1v) is 8.87. The Morgan fingerprint density at radius 3 is 2.90 bits per heavy atom. The topological polar surface area (TPSA) is 32.3 Å². The van der Waals surface area contributed by atoms with Crippen LogP contribution in [0.5, 0.6) is 0 Å². The van der Waals surface area contributed by atoms with Gasteiger partial charge in [-0.15, -0.1) is 11.3 Å². The minimum atomic E-state index is 0.0183. The third kappa shape index (κ3) is 3.08. The fraction of sp³-hybridized carbons (Fsp3) is 0.375. The first-order valence-electron chi connectivity index (χ1n) is 6.98. The van der Waals surface area contributed by atoms with E-state index >= 15 is 0 Å². The van der Waals surface area contributed by atoms with Gasteiger partial charge in [0.05, 0.1) is 15.5 Å². The second-order valence-corrected chi connectivity index (χ2v) is 8.22. The lowest BCUT2D eigenvalue weighted by Gasteiger charge is -2.28. The lowest BCUT2D eigenvalue weighted by atomic mass is 9.92. The van der Waals surface area contributed by atoms with Gasteiger partial charge in [-0.2, -0.15) is 0 Å². The van der Waals surface area contributed by atoms with E-state index in [1.165, 1.54) is 26.2 Å². The minimum absolute atomic E-state index is 0.0183. The van der Waals surface area contributed by atoms with Gasteiger partial charge in [-0.25, -0.2) is 0 Å². The van der Waals surface area contributed by atoms with Gasteiger partial charge in [0.1, 0.15) is 0 Å². The van der Waals surface area contributed by atoms with Crippen LogP contribution in [0.25, 0.3) is 0 Å². The Balaban J connectivity index is 1.80. The molecule has 0 fully saturated rings. The molecular formula is C16H18INOS. The predicted molar refractivity (Wildman–Crippen MR) is 92.1 cm³/mol. The number of aliphatic hydroxyl groups excluding tert-OH is 1. The molecule has 20 heavy (non-hydrogen) atoms. The summed E-state index contributed by atoms with van der Waals surface area (Å²) in [5.74, 6) is 0. The highest BCUT2D eigenvalue weighted by Gasteiger charge is 2.25. The van der Waals surface area contributed by atoms with Crippen molar-refractivity contribution in [2.75, 3.05) is 6.61 Å². The molecular weight excluding hydrogens is 381 g/mol. The molecule has 1 aliphatic carbocycles. The maximum Gasteiger partial charge on any atom is 0.0659 e. The molecule has 0 radical (unpaired) electrons. The summed E-state index contributed by atoms with van der Waals surface area (Å²) in [6.45, 7) is 0.136. The summed E-state index contributed by atoms with van der Waals surface area (Å²) in [7, 11) is 0. The van der Waals surface area contributed by atoms with Gasteiger partial charge in [-0.3, -0.25) is 0 Å². The van der Waals surface area contributed by atoms with E-state index in [0.29, 0.717) is 6.04 Å². The molecule has 2 atom stereocenters. The van der Waals surface area contributed by atoms with Crippen molar-refractivity contribution < 1.29 is 5.11 Å². The number of fused-ring (bicyclic) bond motifs is 1. The molecule has 2 aromatic rings. The number of hydrogen-bond donors (Lipinski definition) is 2. The summed E-state index contributed by atoms with van der Waals surface area (Å²) in [5, 5.41) is 13.3. The van der Waals surface area contributed by atoms with E-state index in [1.807, 2.05) is 29.5 Å². The lowest BCUT2D eigenvalue weighted by Crippen LogP contribution is -2.30. The highest BCUT2D eigenvalue weighted by atomic mass is 127. The summed E-state index contributed by atoms with van der Waals surface area (Å²) in [6.07, 6.45) is 3.59. The van der Waals surface area contributed by atoms with Crippen LogP contribution >= 0.6 is 33.9 Å². The van der Waals surface area contributed by atoms with Crippen LogP contribution in [0.15, 0.2) is 36.4 Å². The normalized spacial score (nSPS) is 19.6. The van der Waals surface area contributed by atoms with Crippen LogP contribution in [0.2, 0.25) is 0 Å². The molecule has 1 aliphatic rings. The van der Waals surface area contributed by atoms with Crippen molar-refractivity contribution in [2.24, 2.45) is 0 Å². The molecule has 4 heteroatoms. The highest BCUT2D eigenvalue weighted by molar-refractivity contribution is 14.1. The molecule has 0 saturated heterocycles. The van der Waals surface area contributed by atoms with E-state index in [4.69, 9.17) is 0 Å². The standard InChI is InChI=1S/C16H18INOS/c17-16-9-12-13(7-4-8-15(12)20-16)18-14(10-19)11-5-2-1-3-6-11/h1-3,5-6,9,13-14,18-19H,4,7-8,10H2. The summed E-state index contributed by atoms with van der Waals surface area (Å²) >= 11 is 4.32. The van der Waals surface area contributed by atoms with Crippen molar-refractivity contribution in [1.29, 1.82) is 0 Å². The molecule has 1 aromatic heterocycles. The average Bonchev–Trinajstić information content (AvgIpc) is 2.86. The van der Waals surface area contributed by atoms with Crippen LogP contribution in [0, 0.1) is 2.88 Å². The molecule has 106 valence electrons. The van der Waals surface area contributed by atoms with Gasteiger partial charge in [-0.05, 0) is 59.0 Å².